The zero-order valence-electron chi connectivity index (χ0n) is 11.8. The molecule has 2 atom stereocenters. The first-order valence-electron chi connectivity index (χ1n) is 7.23. The lowest BCUT2D eigenvalue weighted by Crippen LogP contribution is -2.22. The molecule has 0 aliphatic heterocycles. The molecule has 0 saturated heterocycles. The van der Waals surface area contributed by atoms with Crippen LogP contribution in [0.25, 0.3) is 0 Å². The van der Waals surface area contributed by atoms with Crippen LogP contribution >= 0.6 is 0 Å². The fraction of sp³-hybridized carbons (Fsp3) is 0.562. The van der Waals surface area contributed by atoms with Crippen LogP contribution in [0, 0.1) is 11.7 Å². The molecular weight excluding hydrogens is 259 g/mol. The van der Waals surface area contributed by atoms with Gasteiger partial charge >= 0.3 is 5.97 Å². The Labute approximate surface area is 118 Å². The topological polar surface area (TPSA) is 46.5 Å². The summed E-state index contributed by atoms with van der Waals surface area (Å²) in [6.07, 6.45) is 5.75. The molecule has 1 aliphatic rings. The molecule has 1 aromatic rings. The second-order valence-corrected chi connectivity index (χ2v) is 5.48. The Morgan fingerprint density at radius 3 is 2.95 bits per heavy atom. The SMILES string of the molecule is CCC1CCCC(OCc2cc(F)ccc2C(=O)O)C1. The van der Waals surface area contributed by atoms with Crippen molar-refractivity contribution in [2.45, 2.75) is 51.7 Å². The van der Waals surface area contributed by atoms with Crippen molar-refractivity contribution in [2.24, 2.45) is 5.92 Å². The number of hydrogen-bond donors (Lipinski definition) is 1. The van der Waals surface area contributed by atoms with E-state index in [1.807, 2.05) is 0 Å². The van der Waals surface area contributed by atoms with Crippen LogP contribution in [0.5, 0.6) is 0 Å². The maximum absolute atomic E-state index is 13.2. The molecule has 1 aromatic carbocycles. The number of ether oxygens (including phenoxy) is 1. The van der Waals surface area contributed by atoms with Crippen molar-refractivity contribution in [2.75, 3.05) is 0 Å². The highest BCUT2D eigenvalue weighted by Gasteiger charge is 2.22. The number of carboxylic acids is 1. The van der Waals surface area contributed by atoms with Gasteiger partial charge in [-0.25, -0.2) is 9.18 Å². The first kappa shape index (κ1) is 15.0. The molecule has 0 heterocycles. The molecule has 1 saturated carbocycles. The molecular formula is C16H21FO3. The summed E-state index contributed by atoms with van der Waals surface area (Å²) in [5.74, 6) is -0.775. The molecule has 0 radical (unpaired) electrons. The molecule has 4 heteroatoms. The molecule has 2 unspecified atom stereocenters. The number of halogens is 1. The third-order valence-electron chi connectivity index (χ3n) is 4.08. The fourth-order valence-electron chi connectivity index (χ4n) is 2.86. The van der Waals surface area contributed by atoms with E-state index in [0.717, 1.165) is 25.7 Å². The van der Waals surface area contributed by atoms with Gasteiger partial charge in [0, 0.05) is 0 Å². The zero-order valence-corrected chi connectivity index (χ0v) is 11.8. The average Bonchev–Trinajstić information content (AvgIpc) is 2.45. The van der Waals surface area contributed by atoms with Gasteiger partial charge in [-0.05, 0) is 42.5 Å². The number of carboxylic acid groups (broad SMARTS) is 1. The molecule has 0 aromatic heterocycles. The fourth-order valence-corrected chi connectivity index (χ4v) is 2.86. The number of rotatable bonds is 5. The van der Waals surface area contributed by atoms with E-state index in [-0.39, 0.29) is 18.3 Å². The summed E-state index contributed by atoms with van der Waals surface area (Å²) in [6, 6.07) is 3.72. The molecule has 1 N–H and O–H groups in total. The zero-order chi connectivity index (χ0) is 14.5. The predicted molar refractivity (Wildman–Crippen MR) is 74.2 cm³/mol. The Hall–Kier alpha value is -1.42. The van der Waals surface area contributed by atoms with Crippen molar-refractivity contribution < 1.29 is 19.0 Å². The first-order chi connectivity index (χ1) is 9.60. The lowest BCUT2D eigenvalue weighted by Gasteiger charge is -2.28. The van der Waals surface area contributed by atoms with Gasteiger partial charge in [0.25, 0.3) is 0 Å². The first-order valence-corrected chi connectivity index (χ1v) is 7.23. The second-order valence-electron chi connectivity index (χ2n) is 5.48. The number of benzene rings is 1. The molecule has 3 nitrogen and oxygen atoms in total. The lowest BCUT2D eigenvalue weighted by atomic mass is 9.85. The molecule has 0 spiro atoms. The highest BCUT2D eigenvalue weighted by atomic mass is 19.1. The van der Waals surface area contributed by atoms with Gasteiger partial charge in [-0.15, -0.1) is 0 Å². The van der Waals surface area contributed by atoms with E-state index in [9.17, 15) is 9.18 Å². The van der Waals surface area contributed by atoms with E-state index in [1.54, 1.807) is 0 Å². The van der Waals surface area contributed by atoms with Crippen LogP contribution in [0.1, 0.15) is 54.9 Å². The van der Waals surface area contributed by atoms with E-state index in [4.69, 9.17) is 9.84 Å². The smallest absolute Gasteiger partial charge is 0.336 e. The van der Waals surface area contributed by atoms with E-state index >= 15 is 0 Å². The highest BCUT2D eigenvalue weighted by molar-refractivity contribution is 5.89. The van der Waals surface area contributed by atoms with Crippen molar-refractivity contribution in [1.82, 2.24) is 0 Å². The number of aromatic carboxylic acids is 1. The van der Waals surface area contributed by atoms with Gasteiger partial charge in [0.05, 0.1) is 18.3 Å². The minimum absolute atomic E-state index is 0.120. The quantitative estimate of drug-likeness (QED) is 0.886. The molecule has 2 rings (SSSR count). The van der Waals surface area contributed by atoms with Gasteiger partial charge in [-0.2, -0.15) is 0 Å². The van der Waals surface area contributed by atoms with Crippen molar-refractivity contribution in [3.63, 3.8) is 0 Å². The molecule has 0 bridgehead atoms. The minimum Gasteiger partial charge on any atom is -0.478 e. The van der Waals surface area contributed by atoms with Crippen LogP contribution in [0.4, 0.5) is 4.39 Å². The standard InChI is InChI=1S/C16H21FO3/c1-2-11-4-3-5-14(8-11)20-10-12-9-13(17)6-7-15(12)16(18)19/h6-7,9,11,14H,2-5,8,10H2,1H3,(H,18,19). The van der Waals surface area contributed by atoms with Gasteiger partial charge in [0.2, 0.25) is 0 Å². The van der Waals surface area contributed by atoms with Crippen LogP contribution in [-0.4, -0.2) is 17.2 Å². The second kappa shape index (κ2) is 6.84. The van der Waals surface area contributed by atoms with E-state index < -0.39 is 11.8 Å². The molecule has 0 amide bonds. The van der Waals surface area contributed by atoms with Gasteiger partial charge in [-0.1, -0.05) is 26.2 Å². The summed E-state index contributed by atoms with van der Waals surface area (Å²) in [7, 11) is 0. The van der Waals surface area contributed by atoms with Gasteiger partial charge in [0.1, 0.15) is 5.82 Å². The normalized spacial score (nSPS) is 22.7. The molecule has 1 fully saturated rings. The maximum Gasteiger partial charge on any atom is 0.336 e. The van der Waals surface area contributed by atoms with Crippen molar-refractivity contribution >= 4 is 5.97 Å². The van der Waals surface area contributed by atoms with Crippen LogP contribution in [0.15, 0.2) is 18.2 Å². The third-order valence-corrected chi connectivity index (χ3v) is 4.08. The van der Waals surface area contributed by atoms with Crippen molar-refractivity contribution in [3.05, 3.63) is 35.1 Å². The summed E-state index contributed by atoms with van der Waals surface area (Å²) in [4.78, 5) is 11.1. The van der Waals surface area contributed by atoms with Gasteiger partial charge < -0.3 is 9.84 Å². The van der Waals surface area contributed by atoms with Crippen molar-refractivity contribution in [3.8, 4) is 0 Å². The Bertz CT molecular complexity index is 473. The van der Waals surface area contributed by atoms with Gasteiger partial charge in [-0.3, -0.25) is 0 Å². The summed E-state index contributed by atoms with van der Waals surface area (Å²) in [5, 5.41) is 9.10. The van der Waals surface area contributed by atoms with Crippen LogP contribution in [-0.2, 0) is 11.3 Å². The molecule has 110 valence electrons. The summed E-state index contributed by atoms with van der Waals surface area (Å²) >= 11 is 0. The van der Waals surface area contributed by atoms with Crippen LogP contribution in [0.3, 0.4) is 0 Å². The average molecular weight is 280 g/mol. The van der Waals surface area contributed by atoms with E-state index in [0.29, 0.717) is 11.5 Å². The van der Waals surface area contributed by atoms with Crippen LogP contribution in [0.2, 0.25) is 0 Å². The monoisotopic (exact) mass is 280 g/mol. The summed E-state index contributed by atoms with van der Waals surface area (Å²) in [6.45, 7) is 2.35. The summed E-state index contributed by atoms with van der Waals surface area (Å²) < 4.78 is 19.1. The molecule has 20 heavy (non-hydrogen) atoms. The van der Waals surface area contributed by atoms with Crippen LogP contribution < -0.4 is 0 Å². The highest BCUT2D eigenvalue weighted by Crippen LogP contribution is 2.29. The predicted octanol–water partition coefficient (Wildman–Crippen LogP) is 4.01. The lowest BCUT2D eigenvalue weighted by molar-refractivity contribution is 0.00118. The maximum atomic E-state index is 13.2. The Morgan fingerprint density at radius 2 is 2.25 bits per heavy atom. The Balaban J connectivity index is 1.99. The minimum atomic E-state index is -1.04. The van der Waals surface area contributed by atoms with E-state index in [1.165, 1.54) is 24.6 Å². The van der Waals surface area contributed by atoms with E-state index in [2.05, 4.69) is 6.92 Å². The Morgan fingerprint density at radius 1 is 1.45 bits per heavy atom. The third kappa shape index (κ3) is 3.79. The molecule has 1 aliphatic carbocycles. The number of hydrogen-bond acceptors (Lipinski definition) is 2. The van der Waals surface area contributed by atoms with Crippen molar-refractivity contribution in [1.29, 1.82) is 0 Å². The Kier molecular flexibility index (Phi) is 5.12. The summed E-state index contributed by atoms with van der Waals surface area (Å²) in [5.41, 5.74) is 0.533. The largest absolute Gasteiger partial charge is 0.478 e. The van der Waals surface area contributed by atoms with Gasteiger partial charge in [0.15, 0.2) is 0 Å². The number of carbonyl (C=O) groups is 1.